The third kappa shape index (κ3) is 3.59. The Labute approximate surface area is 121 Å². The van der Waals surface area contributed by atoms with Crippen LogP contribution in [-0.2, 0) is 4.74 Å². The molecule has 0 aromatic carbocycles. The second-order valence-electron chi connectivity index (χ2n) is 5.03. The van der Waals surface area contributed by atoms with Gasteiger partial charge in [-0.3, -0.25) is 0 Å². The van der Waals surface area contributed by atoms with Gasteiger partial charge < -0.3 is 19.8 Å². The number of anilines is 1. The van der Waals surface area contributed by atoms with Crippen LogP contribution >= 0.6 is 11.6 Å². The molecule has 0 bridgehead atoms. The molecule has 0 spiro atoms. The van der Waals surface area contributed by atoms with Gasteiger partial charge in [0.05, 0.1) is 11.2 Å². The van der Waals surface area contributed by atoms with Crippen LogP contribution < -0.4 is 4.90 Å². The lowest BCUT2D eigenvalue weighted by Gasteiger charge is -2.35. The molecule has 1 fully saturated rings. The van der Waals surface area contributed by atoms with Gasteiger partial charge in [-0.25, -0.2) is 9.78 Å². The number of aromatic carboxylic acids is 1. The number of halogens is 1. The summed E-state index contributed by atoms with van der Waals surface area (Å²) in [6.45, 7) is 1.39. The maximum atomic E-state index is 11.0. The fourth-order valence-electron chi connectivity index (χ4n) is 2.23. The molecule has 110 valence electrons. The van der Waals surface area contributed by atoms with Crippen LogP contribution in [0.25, 0.3) is 0 Å². The molecule has 7 heteroatoms. The molecule has 1 aliphatic heterocycles. The minimum Gasteiger partial charge on any atom is -0.478 e. The van der Waals surface area contributed by atoms with E-state index >= 15 is 0 Å². The van der Waals surface area contributed by atoms with Crippen molar-refractivity contribution < 1.29 is 19.7 Å². The number of ether oxygens (including phenoxy) is 1. The third-order valence-corrected chi connectivity index (χ3v) is 3.57. The van der Waals surface area contributed by atoms with Crippen LogP contribution in [0.3, 0.4) is 0 Å². The lowest BCUT2D eigenvalue weighted by Crippen LogP contribution is -2.46. The molecule has 2 N–H and O–H groups in total. The second-order valence-corrected chi connectivity index (χ2v) is 5.42. The first-order valence-corrected chi connectivity index (χ1v) is 6.70. The number of carboxylic acid groups (broad SMARTS) is 1. The summed E-state index contributed by atoms with van der Waals surface area (Å²) in [5.41, 5.74) is -0.772. The molecule has 0 amide bonds. The number of aromatic nitrogens is 1. The summed E-state index contributed by atoms with van der Waals surface area (Å²) in [4.78, 5) is 16.8. The Morgan fingerprint density at radius 1 is 1.50 bits per heavy atom. The highest BCUT2D eigenvalue weighted by Gasteiger charge is 2.31. The Morgan fingerprint density at radius 3 is 2.75 bits per heavy atom. The fourth-order valence-corrected chi connectivity index (χ4v) is 2.44. The van der Waals surface area contributed by atoms with Crippen molar-refractivity contribution in [3.63, 3.8) is 0 Å². The van der Waals surface area contributed by atoms with Crippen LogP contribution in [0.1, 0.15) is 23.2 Å². The van der Waals surface area contributed by atoms with Crippen molar-refractivity contribution in [2.24, 2.45) is 0 Å². The van der Waals surface area contributed by atoms with E-state index in [-0.39, 0.29) is 10.7 Å². The number of nitrogens with zero attached hydrogens (tertiary/aromatic N) is 2. The molecular weight excluding hydrogens is 284 g/mol. The molecule has 1 aliphatic rings. The third-order valence-electron chi connectivity index (χ3n) is 3.37. The first-order chi connectivity index (χ1) is 9.39. The van der Waals surface area contributed by atoms with Crippen LogP contribution in [0.2, 0.25) is 5.15 Å². The van der Waals surface area contributed by atoms with Crippen LogP contribution in [0.5, 0.6) is 0 Å². The van der Waals surface area contributed by atoms with Gasteiger partial charge in [0, 0.05) is 39.6 Å². The van der Waals surface area contributed by atoms with Crippen LogP contribution in [0.4, 0.5) is 5.82 Å². The van der Waals surface area contributed by atoms with E-state index in [1.165, 1.54) is 12.1 Å². The molecule has 0 radical (unpaired) electrons. The molecule has 20 heavy (non-hydrogen) atoms. The molecule has 0 atom stereocenters. The Kier molecular flexibility index (Phi) is 4.47. The van der Waals surface area contributed by atoms with E-state index in [2.05, 4.69) is 4.98 Å². The highest BCUT2D eigenvalue weighted by atomic mass is 35.5. The number of rotatable bonds is 4. The van der Waals surface area contributed by atoms with Crippen LogP contribution in [-0.4, -0.2) is 53.6 Å². The Morgan fingerprint density at radius 2 is 2.15 bits per heavy atom. The minimum atomic E-state index is -1.06. The highest BCUT2D eigenvalue weighted by Crippen LogP contribution is 2.24. The highest BCUT2D eigenvalue weighted by molar-refractivity contribution is 6.29. The molecule has 0 aliphatic carbocycles. The minimum absolute atomic E-state index is 0.0748. The SMILES string of the molecule is CN(CC1(O)CCOCC1)c1cc(C(=O)O)cc(Cl)n1. The number of hydrogen-bond donors (Lipinski definition) is 2. The van der Waals surface area contributed by atoms with Gasteiger partial charge in [0.2, 0.25) is 0 Å². The number of pyridine rings is 1. The number of likely N-dealkylation sites (N-methyl/N-ethyl adjacent to an activating group) is 1. The van der Waals surface area contributed by atoms with E-state index in [0.29, 0.717) is 38.4 Å². The molecule has 1 saturated heterocycles. The monoisotopic (exact) mass is 300 g/mol. The smallest absolute Gasteiger partial charge is 0.335 e. The van der Waals surface area contributed by atoms with Crippen molar-refractivity contribution in [1.82, 2.24) is 4.98 Å². The summed E-state index contributed by atoms with van der Waals surface area (Å²) < 4.78 is 5.23. The maximum absolute atomic E-state index is 11.0. The van der Waals surface area contributed by atoms with E-state index in [9.17, 15) is 9.90 Å². The predicted molar refractivity (Wildman–Crippen MR) is 74.5 cm³/mol. The topological polar surface area (TPSA) is 82.9 Å². The lowest BCUT2D eigenvalue weighted by atomic mass is 9.94. The summed E-state index contributed by atoms with van der Waals surface area (Å²) in [7, 11) is 1.75. The Bertz CT molecular complexity index is 503. The van der Waals surface area contributed by atoms with E-state index in [1.807, 2.05) is 0 Å². The van der Waals surface area contributed by atoms with Crippen LogP contribution in [0, 0.1) is 0 Å². The van der Waals surface area contributed by atoms with E-state index in [1.54, 1.807) is 11.9 Å². The van der Waals surface area contributed by atoms with Crippen molar-refractivity contribution in [2.45, 2.75) is 18.4 Å². The molecular formula is C13H17ClN2O4. The number of aliphatic hydroxyl groups is 1. The zero-order chi connectivity index (χ0) is 14.8. The van der Waals surface area contributed by atoms with Crippen molar-refractivity contribution >= 4 is 23.4 Å². The van der Waals surface area contributed by atoms with Gasteiger partial charge in [-0.2, -0.15) is 0 Å². The van der Waals surface area contributed by atoms with Crippen molar-refractivity contribution in [3.8, 4) is 0 Å². The fraction of sp³-hybridized carbons (Fsp3) is 0.538. The molecule has 6 nitrogen and oxygen atoms in total. The quantitative estimate of drug-likeness (QED) is 0.818. The number of carboxylic acids is 1. The molecule has 0 saturated carbocycles. The van der Waals surface area contributed by atoms with Gasteiger partial charge >= 0.3 is 5.97 Å². The second kappa shape index (κ2) is 5.95. The average molecular weight is 301 g/mol. The van der Waals surface area contributed by atoms with Crippen molar-refractivity contribution in [1.29, 1.82) is 0 Å². The molecule has 2 heterocycles. The van der Waals surface area contributed by atoms with Crippen molar-refractivity contribution in [2.75, 3.05) is 31.7 Å². The first-order valence-electron chi connectivity index (χ1n) is 6.32. The largest absolute Gasteiger partial charge is 0.478 e. The zero-order valence-corrected chi connectivity index (χ0v) is 11.9. The first kappa shape index (κ1) is 15.0. The zero-order valence-electron chi connectivity index (χ0n) is 11.2. The normalized spacial score (nSPS) is 17.8. The van der Waals surface area contributed by atoms with E-state index in [4.69, 9.17) is 21.4 Å². The number of carbonyl (C=O) groups is 1. The summed E-state index contributed by atoms with van der Waals surface area (Å²) in [5.74, 6) is -0.636. The Hall–Kier alpha value is -1.37. The summed E-state index contributed by atoms with van der Waals surface area (Å²) >= 11 is 5.83. The van der Waals surface area contributed by atoms with Gasteiger partial charge in [-0.1, -0.05) is 11.6 Å². The number of hydrogen-bond acceptors (Lipinski definition) is 5. The van der Waals surface area contributed by atoms with E-state index < -0.39 is 11.6 Å². The van der Waals surface area contributed by atoms with E-state index in [0.717, 1.165) is 0 Å². The van der Waals surface area contributed by atoms with Gasteiger partial charge in [-0.15, -0.1) is 0 Å². The van der Waals surface area contributed by atoms with Crippen molar-refractivity contribution in [3.05, 3.63) is 22.8 Å². The molecule has 1 aromatic rings. The average Bonchev–Trinajstić information content (AvgIpc) is 2.38. The van der Waals surface area contributed by atoms with Gasteiger partial charge in [-0.05, 0) is 12.1 Å². The lowest BCUT2D eigenvalue weighted by molar-refractivity contribution is -0.0573. The molecule has 2 rings (SSSR count). The standard InChI is InChI=1S/C13H17ClN2O4/c1-16(8-13(19)2-4-20-5-3-13)11-7-9(12(17)18)6-10(14)15-11/h6-7,19H,2-5,8H2,1H3,(H,17,18). The predicted octanol–water partition coefficient (Wildman–Crippen LogP) is 1.41. The summed E-state index contributed by atoms with van der Waals surface area (Å²) in [5, 5.41) is 19.6. The van der Waals surface area contributed by atoms with Crippen LogP contribution in [0.15, 0.2) is 12.1 Å². The maximum Gasteiger partial charge on any atom is 0.335 e. The van der Waals surface area contributed by atoms with Gasteiger partial charge in [0.15, 0.2) is 0 Å². The molecule has 1 aromatic heterocycles. The Balaban J connectivity index is 2.16. The van der Waals surface area contributed by atoms with Gasteiger partial charge in [0.1, 0.15) is 11.0 Å². The summed E-state index contributed by atoms with van der Waals surface area (Å²) in [6.07, 6.45) is 1.09. The molecule has 0 unspecified atom stereocenters. The summed E-state index contributed by atoms with van der Waals surface area (Å²) in [6, 6.07) is 2.74. The van der Waals surface area contributed by atoms with Gasteiger partial charge in [0.25, 0.3) is 0 Å².